The van der Waals surface area contributed by atoms with Gasteiger partial charge in [0.2, 0.25) is 0 Å². The summed E-state index contributed by atoms with van der Waals surface area (Å²) in [7, 11) is 0. The van der Waals surface area contributed by atoms with Gasteiger partial charge in [0.25, 0.3) is 5.91 Å². The maximum atomic E-state index is 13.1. The number of halogens is 1. The SMILES string of the molecule is CC(C)c1ccc(C(=O)N2CC3CCC2CC3Oc2ccc(C#N)c(Cl)c2)cc1. The van der Waals surface area contributed by atoms with Crippen molar-refractivity contribution in [1.29, 1.82) is 5.26 Å². The van der Waals surface area contributed by atoms with Crippen LogP contribution in [0.15, 0.2) is 42.5 Å². The van der Waals surface area contributed by atoms with Crippen LogP contribution in [0.2, 0.25) is 5.02 Å². The molecular formula is C24H25ClN2O2. The third-order valence-electron chi connectivity index (χ3n) is 6.21. The van der Waals surface area contributed by atoms with Crippen molar-refractivity contribution in [2.45, 2.75) is 51.2 Å². The number of benzene rings is 2. The third kappa shape index (κ3) is 3.97. The van der Waals surface area contributed by atoms with Crippen molar-refractivity contribution in [1.82, 2.24) is 4.90 Å². The van der Waals surface area contributed by atoms with E-state index in [9.17, 15) is 4.79 Å². The summed E-state index contributed by atoms with van der Waals surface area (Å²) in [5.41, 5.74) is 2.46. The molecule has 1 amide bonds. The number of carbonyl (C=O) groups is 1. The molecule has 4 nitrogen and oxygen atoms in total. The molecule has 5 heteroatoms. The van der Waals surface area contributed by atoms with E-state index in [0.717, 1.165) is 31.4 Å². The number of rotatable bonds is 4. The van der Waals surface area contributed by atoms with E-state index in [4.69, 9.17) is 21.6 Å². The lowest BCUT2D eigenvalue weighted by Gasteiger charge is -2.49. The molecule has 2 aromatic rings. The van der Waals surface area contributed by atoms with Crippen LogP contribution < -0.4 is 4.74 Å². The van der Waals surface area contributed by atoms with E-state index in [2.05, 4.69) is 32.0 Å². The Morgan fingerprint density at radius 1 is 1.21 bits per heavy atom. The summed E-state index contributed by atoms with van der Waals surface area (Å²) < 4.78 is 6.21. The van der Waals surface area contributed by atoms with Crippen molar-refractivity contribution >= 4 is 17.5 Å². The minimum atomic E-state index is 0.0742. The van der Waals surface area contributed by atoms with Crippen molar-refractivity contribution in [3.63, 3.8) is 0 Å². The summed E-state index contributed by atoms with van der Waals surface area (Å²) in [6.45, 7) is 5.04. The number of fused-ring (bicyclic) bond motifs is 3. The Labute approximate surface area is 177 Å². The van der Waals surface area contributed by atoms with Crippen LogP contribution in [0.5, 0.6) is 5.75 Å². The van der Waals surface area contributed by atoms with Crippen LogP contribution in [0.3, 0.4) is 0 Å². The molecule has 2 heterocycles. The van der Waals surface area contributed by atoms with E-state index in [-0.39, 0.29) is 18.1 Å². The number of carbonyl (C=O) groups excluding carboxylic acids is 1. The number of nitriles is 1. The van der Waals surface area contributed by atoms with Crippen LogP contribution in [0.4, 0.5) is 0 Å². The fourth-order valence-electron chi connectivity index (χ4n) is 4.47. The number of amides is 1. The largest absolute Gasteiger partial charge is 0.490 e. The van der Waals surface area contributed by atoms with Crippen LogP contribution >= 0.6 is 11.6 Å². The maximum absolute atomic E-state index is 13.1. The minimum absolute atomic E-state index is 0.0742. The van der Waals surface area contributed by atoms with E-state index >= 15 is 0 Å². The van der Waals surface area contributed by atoms with Gasteiger partial charge in [-0.25, -0.2) is 0 Å². The van der Waals surface area contributed by atoms with Crippen molar-refractivity contribution in [3.8, 4) is 11.8 Å². The molecule has 2 aromatic carbocycles. The van der Waals surface area contributed by atoms with Crippen molar-refractivity contribution in [2.75, 3.05) is 6.54 Å². The van der Waals surface area contributed by atoms with Gasteiger partial charge in [-0.3, -0.25) is 4.79 Å². The first-order valence-corrected chi connectivity index (χ1v) is 10.6. The van der Waals surface area contributed by atoms with Gasteiger partial charge in [-0.1, -0.05) is 37.6 Å². The first-order chi connectivity index (χ1) is 14.0. The first kappa shape index (κ1) is 19.8. The second-order valence-corrected chi connectivity index (χ2v) is 8.78. The van der Waals surface area contributed by atoms with Crippen molar-refractivity contribution in [2.24, 2.45) is 5.92 Å². The fourth-order valence-corrected chi connectivity index (χ4v) is 4.68. The molecule has 0 N–H and O–H groups in total. The lowest BCUT2D eigenvalue weighted by atomic mass is 9.77. The zero-order valence-electron chi connectivity index (χ0n) is 16.8. The molecule has 0 aromatic heterocycles. The van der Waals surface area contributed by atoms with Gasteiger partial charge in [-0.05, 0) is 48.6 Å². The molecule has 2 bridgehead atoms. The Morgan fingerprint density at radius 3 is 2.55 bits per heavy atom. The van der Waals surface area contributed by atoms with Gasteiger partial charge in [0.05, 0.1) is 10.6 Å². The van der Waals surface area contributed by atoms with Gasteiger partial charge in [-0.2, -0.15) is 5.26 Å². The molecule has 5 rings (SSSR count). The monoisotopic (exact) mass is 408 g/mol. The minimum Gasteiger partial charge on any atom is -0.490 e. The standard InChI is InChI=1S/C24H25ClN2O2/c1-15(2)16-3-5-17(6-4-16)24(28)27-14-19-7-9-20(27)11-23(19)29-21-10-8-18(13-26)22(25)12-21/h3-6,8,10,12,15,19-20,23H,7,9,11,14H2,1-2H3. The Hall–Kier alpha value is -2.51. The average molecular weight is 409 g/mol. The predicted molar refractivity (Wildman–Crippen MR) is 113 cm³/mol. The highest BCUT2D eigenvalue weighted by Gasteiger charge is 2.43. The Morgan fingerprint density at radius 2 is 1.97 bits per heavy atom. The van der Waals surface area contributed by atoms with E-state index in [1.807, 2.05) is 17.0 Å². The normalized spacial score (nSPS) is 23.1. The van der Waals surface area contributed by atoms with Gasteiger partial charge >= 0.3 is 0 Å². The molecule has 0 radical (unpaired) electrons. The number of piperidine rings is 2. The molecule has 0 spiro atoms. The molecule has 150 valence electrons. The Kier molecular flexibility index (Phi) is 5.52. The smallest absolute Gasteiger partial charge is 0.254 e. The summed E-state index contributed by atoms with van der Waals surface area (Å²) in [5, 5.41) is 9.43. The zero-order valence-corrected chi connectivity index (χ0v) is 17.5. The average Bonchev–Trinajstić information content (AvgIpc) is 2.74. The van der Waals surface area contributed by atoms with Gasteiger partial charge < -0.3 is 9.64 Å². The maximum Gasteiger partial charge on any atom is 0.254 e. The summed E-state index contributed by atoms with van der Waals surface area (Å²) in [5.74, 6) is 1.58. The van der Waals surface area contributed by atoms with Crippen LogP contribution in [0, 0.1) is 17.2 Å². The topological polar surface area (TPSA) is 53.3 Å². The first-order valence-electron chi connectivity index (χ1n) is 10.2. The van der Waals surface area contributed by atoms with E-state index in [1.54, 1.807) is 18.2 Å². The van der Waals surface area contributed by atoms with Gasteiger partial charge in [0.15, 0.2) is 0 Å². The van der Waals surface area contributed by atoms with Crippen LogP contribution in [0.1, 0.15) is 60.5 Å². The summed E-state index contributed by atoms with van der Waals surface area (Å²) in [4.78, 5) is 15.1. The van der Waals surface area contributed by atoms with E-state index in [0.29, 0.717) is 28.2 Å². The highest BCUT2D eigenvalue weighted by Crippen LogP contribution is 2.38. The Bertz CT molecular complexity index is 948. The Balaban J connectivity index is 1.44. The highest BCUT2D eigenvalue weighted by molar-refractivity contribution is 6.31. The summed E-state index contributed by atoms with van der Waals surface area (Å²) >= 11 is 6.13. The lowest BCUT2D eigenvalue weighted by Crippen LogP contribution is -2.57. The number of hydrogen-bond donors (Lipinski definition) is 0. The second kappa shape index (κ2) is 8.08. The summed E-state index contributed by atoms with van der Waals surface area (Å²) in [6.07, 6.45) is 2.99. The fraction of sp³-hybridized carbons (Fsp3) is 0.417. The molecule has 29 heavy (non-hydrogen) atoms. The zero-order chi connectivity index (χ0) is 20.5. The predicted octanol–water partition coefficient (Wildman–Crippen LogP) is 5.41. The number of ether oxygens (including phenoxy) is 1. The molecule has 3 atom stereocenters. The van der Waals surface area contributed by atoms with Crippen LogP contribution in [-0.4, -0.2) is 29.5 Å². The molecule has 3 unspecified atom stereocenters. The van der Waals surface area contributed by atoms with Crippen molar-refractivity contribution in [3.05, 3.63) is 64.2 Å². The van der Waals surface area contributed by atoms with Crippen LogP contribution in [0.25, 0.3) is 0 Å². The number of nitrogens with zero attached hydrogens (tertiary/aromatic N) is 2. The quantitative estimate of drug-likeness (QED) is 0.679. The molecule has 1 aliphatic carbocycles. The highest BCUT2D eigenvalue weighted by atomic mass is 35.5. The van der Waals surface area contributed by atoms with Crippen LogP contribution in [-0.2, 0) is 0 Å². The molecular weight excluding hydrogens is 384 g/mol. The molecule has 3 aliphatic rings. The second-order valence-electron chi connectivity index (χ2n) is 8.37. The molecule has 2 saturated heterocycles. The summed E-state index contributed by atoms with van der Waals surface area (Å²) in [6, 6.07) is 15.5. The van der Waals surface area contributed by atoms with Gasteiger partial charge in [-0.15, -0.1) is 0 Å². The molecule has 3 fully saturated rings. The van der Waals surface area contributed by atoms with E-state index < -0.39 is 0 Å². The molecule has 2 aliphatic heterocycles. The van der Waals surface area contributed by atoms with Gasteiger partial charge in [0.1, 0.15) is 17.9 Å². The van der Waals surface area contributed by atoms with Crippen molar-refractivity contribution < 1.29 is 9.53 Å². The number of hydrogen-bond acceptors (Lipinski definition) is 3. The molecule has 1 saturated carbocycles. The van der Waals surface area contributed by atoms with Gasteiger partial charge in [0, 0.05) is 36.6 Å². The lowest BCUT2D eigenvalue weighted by molar-refractivity contribution is -0.0261. The third-order valence-corrected chi connectivity index (χ3v) is 6.52. The van der Waals surface area contributed by atoms with E-state index in [1.165, 1.54) is 5.56 Å².